The number of aryl methyl sites for hydroxylation is 1. The summed E-state index contributed by atoms with van der Waals surface area (Å²) in [5.74, 6) is 1.62. The van der Waals surface area contributed by atoms with Gasteiger partial charge in [0.1, 0.15) is 5.82 Å². The Hall–Kier alpha value is -1.40. The van der Waals surface area contributed by atoms with Crippen LogP contribution in [0.2, 0.25) is 0 Å². The Morgan fingerprint density at radius 2 is 2.00 bits per heavy atom. The maximum absolute atomic E-state index is 5.35. The first-order chi connectivity index (χ1) is 10.3. The number of unbranched alkanes of at least 4 members (excludes halogenated alkanes) is 1. The van der Waals surface area contributed by atoms with Crippen molar-refractivity contribution in [2.45, 2.75) is 26.7 Å². The third-order valence-corrected chi connectivity index (χ3v) is 3.51. The van der Waals surface area contributed by atoms with Gasteiger partial charge < -0.3 is 15.4 Å². The number of morpholine rings is 1. The highest BCUT2D eigenvalue weighted by atomic mass is 16.5. The lowest BCUT2D eigenvalue weighted by molar-refractivity contribution is 0.0398. The van der Waals surface area contributed by atoms with Crippen LogP contribution >= 0.6 is 0 Å². The molecule has 118 valence electrons. The topological polar surface area (TPSA) is 62.3 Å². The molecular weight excluding hydrogens is 266 g/mol. The largest absolute Gasteiger partial charge is 0.379 e. The summed E-state index contributed by atoms with van der Waals surface area (Å²) in [5.41, 5.74) is 0.984. The summed E-state index contributed by atoms with van der Waals surface area (Å²) in [6.07, 6.45) is 2.34. The Morgan fingerprint density at radius 3 is 2.76 bits per heavy atom. The highest BCUT2D eigenvalue weighted by molar-refractivity contribution is 5.42. The van der Waals surface area contributed by atoms with Gasteiger partial charge in [0.05, 0.1) is 13.2 Å². The van der Waals surface area contributed by atoms with Crippen LogP contribution in [0.4, 0.5) is 11.8 Å². The molecule has 6 nitrogen and oxygen atoms in total. The molecule has 0 atom stereocenters. The molecule has 0 saturated carbocycles. The molecule has 1 saturated heterocycles. The zero-order valence-corrected chi connectivity index (χ0v) is 13.2. The van der Waals surface area contributed by atoms with Crippen molar-refractivity contribution in [2.24, 2.45) is 0 Å². The fourth-order valence-electron chi connectivity index (χ4n) is 2.28. The van der Waals surface area contributed by atoms with Crippen LogP contribution in [0.25, 0.3) is 0 Å². The lowest BCUT2D eigenvalue weighted by Crippen LogP contribution is -2.39. The Morgan fingerprint density at radius 1 is 1.19 bits per heavy atom. The van der Waals surface area contributed by atoms with E-state index < -0.39 is 0 Å². The SMILES string of the molecule is CCCCNc1cc(C)nc(NCCN2CCOCC2)n1. The van der Waals surface area contributed by atoms with Gasteiger partial charge in [-0.1, -0.05) is 13.3 Å². The summed E-state index contributed by atoms with van der Waals surface area (Å²) in [4.78, 5) is 11.3. The summed E-state index contributed by atoms with van der Waals surface area (Å²) in [6.45, 7) is 10.7. The Balaban J connectivity index is 1.78. The molecule has 0 amide bonds. The first kappa shape index (κ1) is 16.0. The molecule has 0 unspecified atom stereocenters. The second-order valence-corrected chi connectivity index (χ2v) is 5.38. The highest BCUT2D eigenvalue weighted by Gasteiger charge is 2.09. The lowest BCUT2D eigenvalue weighted by atomic mass is 10.3. The summed E-state index contributed by atoms with van der Waals surface area (Å²) in [5, 5.41) is 6.67. The minimum atomic E-state index is 0.710. The third kappa shape index (κ3) is 5.85. The standard InChI is InChI=1S/C15H27N5O/c1-3-4-5-16-14-12-13(2)18-15(19-14)17-6-7-20-8-10-21-11-9-20/h12H,3-11H2,1-2H3,(H2,16,17,18,19). The van der Waals surface area contributed by atoms with E-state index >= 15 is 0 Å². The maximum atomic E-state index is 5.35. The Kier molecular flexibility index (Phi) is 6.69. The minimum absolute atomic E-state index is 0.710. The van der Waals surface area contributed by atoms with E-state index in [1.807, 2.05) is 13.0 Å². The van der Waals surface area contributed by atoms with Gasteiger partial charge in [-0.15, -0.1) is 0 Å². The van der Waals surface area contributed by atoms with Gasteiger partial charge in [0.2, 0.25) is 5.95 Å². The van der Waals surface area contributed by atoms with Crippen LogP contribution in [0.3, 0.4) is 0 Å². The van der Waals surface area contributed by atoms with Crippen molar-refractivity contribution in [3.05, 3.63) is 11.8 Å². The average molecular weight is 293 g/mol. The number of ether oxygens (including phenoxy) is 1. The normalized spacial score (nSPS) is 15.9. The fraction of sp³-hybridized carbons (Fsp3) is 0.733. The van der Waals surface area contributed by atoms with Crippen molar-refractivity contribution >= 4 is 11.8 Å². The third-order valence-electron chi connectivity index (χ3n) is 3.51. The molecule has 0 aromatic carbocycles. The van der Waals surface area contributed by atoms with Crippen LogP contribution in [0.5, 0.6) is 0 Å². The van der Waals surface area contributed by atoms with Gasteiger partial charge in [0.15, 0.2) is 0 Å². The quantitative estimate of drug-likeness (QED) is 0.712. The molecule has 2 rings (SSSR count). The van der Waals surface area contributed by atoms with Crippen molar-refractivity contribution in [3.8, 4) is 0 Å². The van der Waals surface area contributed by atoms with E-state index in [9.17, 15) is 0 Å². The predicted octanol–water partition coefficient (Wildman–Crippen LogP) is 1.74. The molecule has 21 heavy (non-hydrogen) atoms. The van der Waals surface area contributed by atoms with Crippen LogP contribution in [0.1, 0.15) is 25.5 Å². The molecule has 1 aliphatic heterocycles. The molecular formula is C15H27N5O. The number of rotatable bonds is 8. The number of hydrogen-bond donors (Lipinski definition) is 2. The van der Waals surface area contributed by atoms with Gasteiger partial charge >= 0.3 is 0 Å². The van der Waals surface area contributed by atoms with Crippen LogP contribution in [-0.2, 0) is 4.74 Å². The van der Waals surface area contributed by atoms with Crippen molar-refractivity contribution < 1.29 is 4.74 Å². The lowest BCUT2D eigenvalue weighted by Gasteiger charge is -2.26. The average Bonchev–Trinajstić information content (AvgIpc) is 2.48. The second-order valence-electron chi connectivity index (χ2n) is 5.38. The smallest absolute Gasteiger partial charge is 0.224 e. The molecule has 0 aliphatic carbocycles. The van der Waals surface area contributed by atoms with Crippen molar-refractivity contribution in [2.75, 3.05) is 56.6 Å². The summed E-state index contributed by atoms with van der Waals surface area (Å²) >= 11 is 0. The zero-order valence-electron chi connectivity index (χ0n) is 13.2. The van der Waals surface area contributed by atoms with Gasteiger partial charge in [-0.2, -0.15) is 4.98 Å². The van der Waals surface area contributed by atoms with Crippen LogP contribution in [-0.4, -0.2) is 60.8 Å². The van der Waals surface area contributed by atoms with Gasteiger partial charge in [-0.3, -0.25) is 4.90 Å². The van der Waals surface area contributed by atoms with Gasteiger partial charge in [0.25, 0.3) is 0 Å². The molecule has 1 aromatic rings. The second kappa shape index (κ2) is 8.79. The monoisotopic (exact) mass is 293 g/mol. The Labute approximate surface area is 127 Å². The molecule has 0 radical (unpaired) electrons. The van der Waals surface area contributed by atoms with Gasteiger partial charge in [-0.05, 0) is 13.3 Å². The zero-order chi connectivity index (χ0) is 14.9. The van der Waals surface area contributed by atoms with Crippen molar-refractivity contribution in [3.63, 3.8) is 0 Å². The number of aromatic nitrogens is 2. The van der Waals surface area contributed by atoms with Gasteiger partial charge in [-0.25, -0.2) is 4.98 Å². The molecule has 6 heteroatoms. The Bertz CT molecular complexity index is 421. The van der Waals surface area contributed by atoms with E-state index in [1.165, 1.54) is 6.42 Å². The van der Waals surface area contributed by atoms with E-state index in [1.54, 1.807) is 0 Å². The number of anilines is 2. The molecule has 2 N–H and O–H groups in total. The molecule has 0 spiro atoms. The van der Waals surface area contributed by atoms with Gasteiger partial charge in [0, 0.05) is 44.5 Å². The maximum Gasteiger partial charge on any atom is 0.224 e. The number of nitrogens with zero attached hydrogens (tertiary/aromatic N) is 3. The van der Waals surface area contributed by atoms with E-state index in [-0.39, 0.29) is 0 Å². The molecule has 0 bridgehead atoms. The summed E-state index contributed by atoms with van der Waals surface area (Å²) in [6, 6.07) is 1.99. The van der Waals surface area contributed by atoms with E-state index in [4.69, 9.17) is 4.74 Å². The van der Waals surface area contributed by atoms with E-state index in [2.05, 4.69) is 32.4 Å². The van der Waals surface area contributed by atoms with Crippen LogP contribution < -0.4 is 10.6 Å². The first-order valence-corrected chi connectivity index (χ1v) is 7.91. The first-order valence-electron chi connectivity index (χ1n) is 7.91. The van der Waals surface area contributed by atoms with Crippen molar-refractivity contribution in [1.29, 1.82) is 0 Å². The molecule has 1 fully saturated rings. The highest BCUT2D eigenvalue weighted by Crippen LogP contribution is 2.09. The van der Waals surface area contributed by atoms with E-state index in [0.29, 0.717) is 5.95 Å². The molecule has 1 aliphatic rings. The summed E-state index contributed by atoms with van der Waals surface area (Å²) < 4.78 is 5.35. The molecule has 2 heterocycles. The number of hydrogen-bond acceptors (Lipinski definition) is 6. The van der Waals surface area contributed by atoms with Crippen molar-refractivity contribution in [1.82, 2.24) is 14.9 Å². The van der Waals surface area contributed by atoms with Crippen LogP contribution in [0, 0.1) is 6.92 Å². The number of nitrogens with one attached hydrogen (secondary N) is 2. The predicted molar refractivity (Wildman–Crippen MR) is 85.9 cm³/mol. The summed E-state index contributed by atoms with van der Waals surface area (Å²) in [7, 11) is 0. The fourth-order valence-corrected chi connectivity index (χ4v) is 2.28. The minimum Gasteiger partial charge on any atom is -0.379 e. The van der Waals surface area contributed by atoms with E-state index in [0.717, 1.165) is 63.9 Å². The van der Waals surface area contributed by atoms with Crippen LogP contribution in [0.15, 0.2) is 6.07 Å². The molecule has 1 aromatic heterocycles.